The monoisotopic (exact) mass is 237 g/mol. The number of hydrogen-bond acceptors (Lipinski definition) is 4. The normalized spacial score (nSPS) is 10.8. The molecule has 0 aliphatic rings. The number of nitrogens with two attached hydrogens (primary N) is 2. The number of fused-ring (bicyclic) bond motifs is 1. The molecule has 0 saturated carbocycles. The Bertz CT molecular complexity index is 627. The van der Waals surface area contributed by atoms with Crippen molar-refractivity contribution in [2.24, 2.45) is 5.73 Å². The molecule has 1 amide bonds. The van der Waals surface area contributed by atoms with E-state index in [-0.39, 0.29) is 12.0 Å². The second kappa shape index (κ2) is 3.64. The van der Waals surface area contributed by atoms with Crippen LogP contribution >= 0.6 is 11.3 Å². The van der Waals surface area contributed by atoms with Crippen LogP contribution in [0.15, 0.2) is 10.9 Å². The minimum Gasteiger partial charge on any atom is -0.397 e. The van der Waals surface area contributed by atoms with E-state index >= 15 is 0 Å². The maximum Gasteiger partial charge on any atom is 0.249 e. The van der Waals surface area contributed by atoms with Crippen LogP contribution in [0.4, 0.5) is 5.69 Å². The molecule has 0 saturated heterocycles. The highest BCUT2D eigenvalue weighted by atomic mass is 32.1. The molecule has 0 spiro atoms. The number of amides is 1. The molecule has 2 aromatic heterocycles. The molecule has 0 unspecified atom stereocenters. The molecule has 5 nitrogen and oxygen atoms in total. The van der Waals surface area contributed by atoms with Gasteiger partial charge in [0.1, 0.15) is 4.83 Å². The quantitative estimate of drug-likeness (QED) is 0.709. The molecule has 0 bridgehead atoms. The van der Waals surface area contributed by atoms with Gasteiger partial charge >= 0.3 is 0 Å². The fraction of sp³-hybridized carbons (Fsp3) is 0.200. The number of carbonyl (C=O) groups is 1. The Hall–Kier alpha value is -1.82. The standard InChI is InChI=1S/C10H11N3O2S/c1-4-2-7(15)13-10-8(4)9(12)5(16-10)3-6(11)14/h2H,3,12H2,1H3,(H2,11,14)(H,13,15). The fourth-order valence-corrected chi connectivity index (χ4v) is 2.87. The van der Waals surface area contributed by atoms with Crippen LogP contribution in [0, 0.1) is 6.92 Å². The van der Waals surface area contributed by atoms with Crippen LogP contribution in [-0.2, 0) is 11.2 Å². The van der Waals surface area contributed by atoms with Crippen LogP contribution in [0.1, 0.15) is 10.4 Å². The number of aryl methyl sites for hydroxylation is 1. The molecular formula is C10H11N3O2S. The van der Waals surface area contributed by atoms with Gasteiger partial charge in [-0.1, -0.05) is 0 Å². The van der Waals surface area contributed by atoms with Gasteiger partial charge in [-0.15, -0.1) is 11.3 Å². The predicted octanol–water partition coefficient (Wildman–Crippen LogP) is 0.508. The lowest BCUT2D eigenvalue weighted by Crippen LogP contribution is -2.13. The molecule has 6 heteroatoms. The third-order valence-corrected chi connectivity index (χ3v) is 3.46. The molecule has 0 aliphatic carbocycles. The van der Waals surface area contributed by atoms with Gasteiger partial charge in [-0.3, -0.25) is 9.59 Å². The van der Waals surface area contributed by atoms with Gasteiger partial charge in [-0.05, 0) is 12.5 Å². The third-order valence-electron chi connectivity index (χ3n) is 2.34. The molecule has 0 fully saturated rings. The van der Waals surface area contributed by atoms with Gasteiger partial charge in [0.15, 0.2) is 0 Å². The number of nitrogens with one attached hydrogen (secondary N) is 1. The van der Waals surface area contributed by atoms with Crippen molar-refractivity contribution in [1.82, 2.24) is 4.98 Å². The first-order chi connectivity index (χ1) is 7.49. The van der Waals surface area contributed by atoms with Crippen LogP contribution < -0.4 is 17.0 Å². The van der Waals surface area contributed by atoms with Crippen molar-refractivity contribution in [3.63, 3.8) is 0 Å². The number of pyridine rings is 1. The Kier molecular flexibility index (Phi) is 2.43. The second-order valence-electron chi connectivity index (χ2n) is 3.60. The summed E-state index contributed by atoms with van der Waals surface area (Å²) in [5.41, 5.74) is 12.2. The number of aromatic amines is 1. The lowest BCUT2D eigenvalue weighted by atomic mass is 10.1. The molecule has 2 aromatic rings. The number of carbonyl (C=O) groups excluding carboxylic acids is 1. The zero-order valence-corrected chi connectivity index (χ0v) is 9.48. The highest BCUT2D eigenvalue weighted by Crippen LogP contribution is 2.33. The molecule has 2 rings (SSSR count). The molecule has 0 aromatic carbocycles. The summed E-state index contributed by atoms with van der Waals surface area (Å²) in [5.74, 6) is -0.432. The van der Waals surface area contributed by atoms with Crippen molar-refractivity contribution < 1.29 is 4.79 Å². The van der Waals surface area contributed by atoms with Crippen LogP contribution in [0.3, 0.4) is 0 Å². The van der Waals surface area contributed by atoms with Crippen LogP contribution in [0.5, 0.6) is 0 Å². The Labute approximate surface area is 95.1 Å². The summed E-state index contributed by atoms with van der Waals surface area (Å²) in [5, 5.41) is 0.806. The lowest BCUT2D eigenvalue weighted by Gasteiger charge is -1.97. The van der Waals surface area contributed by atoms with Gasteiger partial charge in [0.2, 0.25) is 11.5 Å². The van der Waals surface area contributed by atoms with E-state index in [1.54, 1.807) is 0 Å². The van der Waals surface area contributed by atoms with E-state index in [4.69, 9.17) is 11.5 Å². The van der Waals surface area contributed by atoms with E-state index in [0.29, 0.717) is 15.4 Å². The van der Waals surface area contributed by atoms with Crippen LogP contribution in [0.2, 0.25) is 0 Å². The second-order valence-corrected chi connectivity index (χ2v) is 4.71. The average molecular weight is 237 g/mol. The van der Waals surface area contributed by atoms with E-state index in [1.165, 1.54) is 17.4 Å². The first-order valence-corrected chi connectivity index (χ1v) is 5.49. The van der Waals surface area contributed by atoms with Gasteiger partial charge in [0, 0.05) is 16.3 Å². The number of aromatic nitrogens is 1. The molecule has 16 heavy (non-hydrogen) atoms. The highest BCUT2D eigenvalue weighted by Gasteiger charge is 2.13. The van der Waals surface area contributed by atoms with Gasteiger partial charge in [-0.2, -0.15) is 0 Å². The number of primary amides is 1. The zero-order valence-electron chi connectivity index (χ0n) is 8.66. The van der Waals surface area contributed by atoms with Gasteiger partial charge in [-0.25, -0.2) is 0 Å². The van der Waals surface area contributed by atoms with Crippen LogP contribution in [0.25, 0.3) is 10.2 Å². The number of rotatable bonds is 2. The van der Waals surface area contributed by atoms with E-state index in [1.807, 2.05) is 6.92 Å². The lowest BCUT2D eigenvalue weighted by molar-refractivity contribution is -0.117. The Morgan fingerprint density at radius 2 is 2.25 bits per heavy atom. The van der Waals surface area contributed by atoms with Crippen molar-refractivity contribution in [3.05, 3.63) is 26.9 Å². The predicted molar refractivity (Wildman–Crippen MR) is 64.5 cm³/mol. The maximum atomic E-state index is 11.3. The van der Waals surface area contributed by atoms with E-state index in [0.717, 1.165) is 10.9 Å². The largest absolute Gasteiger partial charge is 0.397 e. The Balaban J connectivity index is 2.72. The first kappa shape index (κ1) is 10.7. The van der Waals surface area contributed by atoms with Gasteiger partial charge in [0.25, 0.3) is 0 Å². The third kappa shape index (κ3) is 1.67. The summed E-state index contributed by atoms with van der Waals surface area (Å²) >= 11 is 1.30. The molecule has 0 radical (unpaired) electrons. The molecule has 0 aliphatic heterocycles. The van der Waals surface area contributed by atoms with Gasteiger partial charge < -0.3 is 16.5 Å². The molecule has 0 atom stereocenters. The summed E-state index contributed by atoms with van der Waals surface area (Å²) in [4.78, 5) is 26.2. The summed E-state index contributed by atoms with van der Waals surface area (Å²) in [6.45, 7) is 1.81. The summed E-state index contributed by atoms with van der Waals surface area (Å²) in [6, 6.07) is 1.49. The Morgan fingerprint density at radius 3 is 2.88 bits per heavy atom. The molecule has 2 heterocycles. The van der Waals surface area contributed by atoms with Crippen LogP contribution in [-0.4, -0.2) is 10.9 Å². The molecular weight excluding hydrogens is 226 g/mol. The van der Waals surface area contributed by atoms with Crippen molar-refractivity contribution in [2.45, 2.75) is 13.3 Å². The molecule has 84 valence electrons. The Morgan fingerprint density at radius 1 is 1.56 bits per heavy atom. The summed E-state index contributed by atoms with van der Waals surface area (Å²) in [6.07, 6.45) is 0.104. The van der Waals surface area contributed by atoms with E-state index in [9.17, 15) is 9.59 Å². The highest BCUT2D eigenvalue weighted by molar-refractivity contribution is 7.19. The van der Waals surface area contributed by atoms with Crippen molar-refractivity contribution in [2.75, 3.05) is 5.73 Å². The maximum absolute atomic E-state index is 11.3. The van der Waals surface area contributed by atoms with Crippen molar-refractivity contribution in [3.8, 4) is 0 Å². The summed E-state index contributed by atoms with van der Waals surface area (Å²) < 4.78 is 0. The zero-order chi connectivity index (χ0) is 11.9. The SMILES string of the molecule is Cc1cc(=O)[nH]c2sc(CC(N)=O)c(N)c12. The van der Waals surface area contributed by atoms with E-state index in [2.05, 4.69) is 4.98 Å². The number of H-pyrrole nitrogens is 1. The molecule has 5 N–H and O–H groups in total. The number of hydrogen-bond donors (Lipinski definition) is 3. The smallest absolute Gasteiger partial charge is 0.249 e. The minimum absolute atomic E-state index is 0.104. The number of thiophene rings is 1. The fourth-order valence-electron chi connectivity index (χ4n) is 1.68. The topological polar surface area (TPSA) is 102 Å². The van der Waals surface area contributed by atoms with Gasteiger partial charge in [0.05, 0.1) is 12.1 Å². The average Bonchev–Trinajstić information content (AvgIpc) is 2.41. The number of anilines is 1. The minimum atomic E-state index is -0.432. The first-order valence-electron chi connectivity index (χ1n) is 4.68. The number of nitrogen functional groups attached to an aromatic ring is 1. The van der Waals surface area contributed by atoms with Crippen molar-refractivity contribution in [1.29, 1.82) is 0 Å². The van der Waals surface area contributed by atoms with E-state index < -0.39 is 5.91 Å². The van der Waals surface area contributed by atoms with Crippen molar-refractivity contribution >= 4 is 33.1 Å². The summed E-state index contributed by atoms with van der Waals surface area (Å²) in [7, 11) is 0.